The van der Waals surface area contributed by atoms with E-state index < -0.39 is 0 Å². The van der Waals surface area contributed by atoms with Gasteiger partial charge in [-0.05, 0) is 37.5 Å². The third-order valence-corrected chi connectivity index (χ3v) is 5.94. The molecule has 2 N–H and O–H groups in total. The zero-order chi connectivity index (χ0) is 13.7. The zero-order valence-corrected chi connectivity index (χ0v) is 13.0. The SMILES string of the molecule is CCC1CCC(C(N)C2(OC)CCCCCC2)CC1. The van der Waals surface area contributed by atoms with Crippen LogP contribution < -0.4 is 5.73 Å². The highest BCUT2D eigenvalue weighted by molar-refractivity contribution is 4.97. The summed E-state index contributed by atoms with van der Waals surface area (Å²) in [6, 6.07) is 0.258. The molecule has 2 fully saturated rings. The van der Waals surface area contributed by atoms with Gasteiger partial charge < -0.3 is 10.5 Å². The van der Waals surface area contributed by atoms with E-state index >= 15 is 0 Å². The Morgan fingerprint density at radius 1 is 1.05 bits per heavy atom. The van der Waals surface area contributed by atoms with Gasteiger partial charge >= 0.3 is 0 Å². The third kappa shape index (κ3) is 3.52. The van der Waals surface area contributed by atoms with Gasteiger partial charge in [0, 0.05) is 13.2 Å². The van der Waals surface area contributed by atoms with Gasteiger partial charge in [-0.25, -0.2) is 0 Å². The van der Waals surface area contributed by atoms with E-state index in [1.165, 1.54) is 70.6 Å². The van der Waals surface area contributed by atoms with Crippen LogP contribution in [0.3, 0.4) is 0 Å². The largest absolute Gasteiger partial charge is 0.377 e. The van der Waals surface area contributed by atoms with Crippen molar-refractivity contribution in [1.29, 1.82) is 0 Å². The Hall–Kier alpha value is -0.0800. The predicted octanol–water partition coefficient (Wildman–Crippen LogP) is 4.27. The minimum absolute atomic E-state index is 0.0137. The van der Waals surface area contributed by atoms with Crippen molar-refractivity contribution in [3.05, 3.63) is 0 Å². The fourth-order valence-electron chi connectivity index (χ4n) is 4.39. The molecule has 0 spiro atoms. The molecule has 112 valence electrons. The van der Waals surface area contributed by atoms with E-state index in [4.69, 9.17) is 10.5 Å². The smallest absolute Gasteiger partial charge is 0.0831 e. The summed E-state index contributed by atoms with van der Waals surface area (Å²) in [5.74, 6) is 1.65. The normalized spacial score (nSPS) is 33.6. The Kier molecular flexibility index (Phi) is 5.70. The van der Waals surface area contributed by atoms with Gasteiger partial charge in [-0.15, -0.1) is 0 Å². The Labute approximate surface area is 119 Å². The van der Waals surface area contributed by atoms with Crippen LogP contribution >= 0.6 is 0 Å². The summed E-state index contributed by atoms with van der Waals surface area (Å²) in [5, 5.41) is 0. The maximum atomic E-state index is 6.70. The lowest BCUT2D eigenvalue weighted by molar-refractivity contribution is -0.0623. The summed E-state index contributed by atoms with van der Waals surface area (Å²) in [6.07, 6.45) is 14.4. The summed E-state index contributed by atoms with van der Waals surface area (Å²) in [7, 11) is 1.89. The minimum atomic E-state index is -0.0137. The number of rotatable bonds is 4. The summed E-state index contributed by atoms with van der Waals surface area (Å²) in [5.41, 5.74) is 6.69. The standard InChI is InChI=1S/C17H33NO/c1-3-14-8-10-15(11-9-14)16(18)17(19-2)12-6-4-5-7-13-17/h14-16H,3-13,18H2,1-2H3. The van der Waals surface area contributed by atoms with Crippen LogP contribution in [0.2, 0.25) is 0 Å². The van der Waals surface area contributed by atoms with Crippen LogP contribution in [0.15, 0.2) is 0 Å². The van der Waals surface area contributed by atoms with Crippen molar-refractivity contribution in [2.45, 2.75) is 89.2 Å². The minimum Gasteiger partial charge on any atom is -0.377 e. The Morgan fingerprint density at radius 3 is 2.11 bits per heavy atom. The molecule has 2 heteroatoms. The van der Waals surface area contributed by atoms with Gasteiger partial charge in [0.15, 0.2) is 0 Å². The molecule has 2 saturated carbocycles. The molecule has 0 aromatic carbocycles. The van der Waals surface area contributed by atoms with Crippen LogP contribution in [0.4, 0.5) is 0 Å². The molecule has 0 amide bonds. The molecular formula is C17H33NO. The first-order chi connectivity index (χ1) is 9.22. The molecule has 0 aromatic heterocycles. The molecule has 0 saturated heterocycles. The molecule has 19 heavy (non-hydrogen) atoms. The number of hydrogen-bond donors (Lipinski definition) is 1. The van der Waals surface area contributed by atoms with Gasteiger partial charge in [0.25, 0.3) is 0 Å². The fourth-order valence-corrected chi connectivity index (χ4v) is 4.39. The van der Waals surface area contributed by atoms with Crippen molar-refractivity contribution >= 4 is 0 Å². The summed E-state index contributed by atoms with van der Waals surface area (Å²) in [6.45, 7) is 2.33. The highest BCUT2D eigenvalue weighted by Gasteiger charge is 2.41. The third-order valence-electron chi connectivity index (χ3n) is 5.94. The maximum absolute atomic E-state index is 6.70. The van der Waals surface area contributed by atoms with Gasteiger partial charge in [0.1, 0.15) is 0 Å². The molecule has 2 nitrogen and oxygen atoms in total. The Balaban J connectivity index is 1.97. The molecule has 2 aliphatic carbocycles. The molecule has 0 radical (unpaired) electrons. The van der Waals surface area contributed by atoms with Gasteiger partial charge in [-0.2, -0.15) is 0 Å². The lowest BCUT2D eigenvalue weighted by Gasteiger charge is -2.43. The van der Waals surface area contributed by atoms with Gasteiger partial charge in [-0.1, -0.05) is 51.9 Å². The van der Waals surface area contributed by atoms with Crippen LogP contribution in [0.5, 0.6) is 0 Å². The monoisotopic (exact) mass is 267 g/mol. The molecular weight excluding hydrogens is 234 g/mol. The second-order valence-electron chi connectivity index (χ2n) is 6.90. The fraction of sp³-hybridized carbons (Fsp3) is 1.00. The van der Waals surface area contributed by atoms with Crippen molar-refractivity contribution < 1.29 is 4.74 Å². The maximum Gasteiger partial charge on any atom is 0.0831 e. The first-order valence-electron chi connectivity index (χ1n) is 8.52. The van der Waals surface area contributed by atoms with E-state index in [9.17, 15) is 0 Å². The van der Waals surface area contributed by atoms with Crippen molar-refractivity contribution in [2.24, 2.45) is 17.6 Å². The molecule has 0 aromatic rings. The second-order valence-corrected chi connectivity index (χ2v) is 6.90. The molecule has 2 aliphatic rings. The first kappa shape index (κ1) is 15.3. The Bertz CT molecular complexity index is 250. The number of ether oxygens (including phenoxy) is 1. The van der Waals surface area contributed by atoms with E-state index in [1.807, 2.05) is 7.11 Å². The van der Waals surface area contributed by atoms with Crippen molar-refractivity contribution in [3.8, 4) is 0 Å². The van der Waals surface area contributed by atoms with Gasteiger partial charge in [0.05, 0.1) is 5.60 Å². The molecule has 1 atom stereocenters. The van der Waals surface area contributed by atoms with E-state index in [1.54, 1.807) is 0 Å². The highest BCUT2D eigenvalue weighted by Crippen LogP contribution is 2.40. The average molecular weight is 267 g/mol. The van der Waals surface area contributed by atoms with Crippen molar-refractivity contribution in [3.63, 3.8) is 0 Å². The topological polar surface area (TPSA) is 35.2 Å². The predicted molar refractivity (Wildman–Crippen MR) is 81.2 cm³/mol. The van der Waals surface area contributed by atoms with Crippen molar-refractivity contribution in [2.75, 3.05) is 7.11 Å². The number of nitrogens with two attached hydrogens (primary N) is 1. The summed E-state index contributed by atoms with van der Waals surface area (Å²) >= 11 is 0. The second kappa shape index (κ2) is 7.08. The molecule has 1 unspecified atom stereocenters. The van der Waals surface area contributed by atoms with E-state index in [-0.39, 0.29) is 11.6 Å². The van der Waals surface area contributed by atoms with Crippen LogP contribution in [-0.2, 0) is 4.74 Å². The molecule has 0 heterocycles. The highest BCUT2D eigenvalue weighted by atomic mass is 16.5. The van der Waals surface area contributed by atoms with Gasteiger partial charge in [0.2, 0.25) is 0 Å². The van der Waals surface area contributed by atoms with E-state index in [0.29, 0.717) is 5.92 Å². The lowest BCUT2D eigenvalue weighted by Crippen LogP contribution is -2.54. The average Bonchev–Trinajstić information content (AvgIpc) is 2.73. The Morgan fingerprint density at radius 2 is 1.63 bits per heavy atom. The van der Waals surface area contributed by atoms with Crippen LogP contribution in [-0.4, -0.2) is 18.8 Å². The zero-order valence-electron chi connectivity index (χ0n) is 13.0. The summed E-state index contributed by atoms with van der Waals surface area (Å²) < 4.78 is 6.00. The molecule has 0 aliphatic heterocycles. The summed E-state index contributed by atoms with van der Waals surface area (Å²) in [4.78, 5) is 0. The van der Waals surface area contributed by atoms with Gasteiger partial charge in [-0.3, -0.25) is 0 Å². The molecule has 2 rings (SSSR count). The van der Waals surface area contributed by atoms with Crippen LogP contribution in [0, 0.1) is 11.8 Å². The quantitative estimate of drug-likeness (QED) is 0.772. The van der Waals surface area contributed by atoms with Crippen LogP contribution in [0.1, 0.15) is 77.6 Å². The van der Waals surface area contributed by atoms with E-state index in [2.05, 4.69) is 6.92 Å². The van der Waals surface area contributed by atoms with Crippen molar-refractivity contribution in [1.82, 2.24) is 0 Å². The number of methoxy groups -OCH3 is 1. The first-order valence-corrected chi connectivity index (χ1v) is 8.52. The molecule has 0 bridgehead atoms. The lowest BCUT2D eigenvalue weighted by atomic mass is 9.71. The van der Waals surface area contributed by atoms with Crippen LogP contribution in [0.25, 0.3) is 0 Å². The van der Waals surface area contributed by atoms with E-state index in [0.717, 1.165) is 5.92 Å². The number of hydrogen-bond acceptors (Lipinski definition) is 2.